The van der Waals surface area contributed by atoms with E-state index in [1.807, 2.05) is 0 Å². The third kappa shape index (κ3) is 6.72. The number of amides is 1. The van der Waals surface area contributed by atoms with E-state index in [4.69, 9.17) is 32.7 Å². The molecule has 2 saturated heterocycles. The molecule has 2 aromatic heterocycles. The number of carbonyl (C=O) groups is 1. The quantitative estimate of drug-likeness (QED) is 0.233. The summed E-state index contributed by atoms with van der Waals surface area (Å²) in [7, 11) is 3.07. The molecule has 4 aromatic rings. The van der Waals surface area contributed by atoms with Gasteiger partial charge in [-0.05, 0) is 66.9 Å². The van der Waals surface area contributed by atoms with E-state index in [-0.39, 0.29) is 34.2 Å². The van der Waals surface area contributed by atoms with E-state index in [2.05, 4.69) is 26.1 Å². The summed E-state index contributed by atoms with van der Waals surface area (Å²) in [6.07, 6.45) is 11.3. The maximum absolute atomic E-state index is 14.7. The van der Waals surface area contributed by atoms with Crippen LogP contribution >= 0.6 is 23.4 Å². The standard InChI is InChI=1S/C29H26ClFN6O3S.C8H12FN/c1-4-17-20(31)7-6-15-10-16(38)11-18(24(15)17)23-12-21-19(14-41-23)27(34-29(33-21)40-3)36-8-5-9-37-22(13-36)25(30)26(35-37)28(39)32-2;9-5-7-4-8-2-1-3-10(8)6-7/h1,6-7,10-11,23,38H,5,8-9,12-14H2,2-3H3,(H,32,39);5,8H,1-4,6H2/b;7-5-. The highest BCUT2D eigenvalue weighted by Crippen LogP contribution is 2.47. The summed E-state index contributed by atoms with van der Waals surface area (Å²) in [4.78, 5) is 26.3. The molecule has 10 nitrogen and oxygen atoms in total. The SMILES string of the molecule is C#Cc1c(F)ccc2cc(O)cc(C3Cc4nc(OC)nc(N5CCCn6nc(C(=O)NC)c(Cl)c6C5)c4CS3)c12.F/C=C1/CC2CCCN2C1. The number of hydrogen-bond donors (Lipinski definition) is 2. The molecule has 0 saturated carbocycles. The van der Waals surface area contributed by atoms with Crippen LogP contribution in [0.2, 0.25) is 5.02 Å². The van der Waals surface area contributed by atoms with Crippen LogP contribution < -0.4 is 15.0 Å². The minimum Gasteiger partial charge on any atom is -0.508 e. The second-order valence-electron chi connectivity index (χ2n) is 13.1. The molecule has 6 heterocycles. The number of nitrogens with zero attached hydrogens (tertiary/aromatic N) is 6. The van der Waals surface area contributed by atoms with Crippen molar-refractivity contribution >= 4 is 45.9 Å². The maximum atomic E-state index is 14.7. The first-order chi connectivity index (χ1) is 24.7. The van der Waals surface area contributed by atoms with Crippen molar-refractivity contribution in [2.45, 2.75) is 62.2 Å². The predicted octanol–water partition coefficient (Wildman–Crippen LogP) is 6.32. The van der Waals surface area contributed by atoms with Gasteiger partial charge in [-0.25, -0.2) is 8.78 Å². The van der Waals surface area contributed by atoms with Gasteiger partial charge in [0.2, 0.25) is 0 Å². The Morgan fingerprint density at radius 1 is 1.20 bits per heavy atom. The average Bonchev–Trinajstić information content (AvgIpc) is 3.79. The van der Waals surface area contributed by atoms with E-state index in [0.29, 0.717) is 53.6 Å². The minimum absolute atomic E-state index is 0.0867. The molecule has 14 heteroatoms. The maximum Gasteiger partial charge on any atom is 0.318 e. The van der Waals surface area contributed by atoms with Gasteiger partial charge < -0.3 is 20.1 Å². The van der Waals surface area contributed by atoms with Gasteiger partial charge in [0.25, 0.3) is 5.91 Å². The molecule has 0 bridgehead atoms. The van der Waals surface area contributed by atoms with Crippen LogP contribution in [-0.4, -0.2) is 75.5 Å². The highest BCUT2D eigenvalue weighted by molar-refractivity contribution is 7.98. The minimum atomic E-state index is -0.474. The smallest absolute Gasteiger partial charge is 0.318 e. The predicted molar refractivity (Wildman–Crippen MR) is 195 cm³/mol. The molecule has 0 spiro atoms. The molecule has 4 aliphatic rings. The van der Waals surface area contributed by atoms with Crippen molar-refractivity contribution in [2.75, 3.05) is 38.7 Å². The molecule has 0 radical (unpaired) electrons. The van der Waals surface area contributed by atoms with E-state index < -0.39 is 5.82 Å². The summed E-state index contributed by atoms with van der Waals surface area (Å²) in [5.74, 6) is 3.08. The number of rotatable bonds is 4. The first kappa shape index (κ1) is 35.0. The third-order valence-corrected chi connectivity index (χ3v) is 11.7. The number of hydrogen-bond acceptors (Lipinski definition) is 9. The zero-order chi connectivity index (χ0) is 35.8. The number of aryl methyl sites for hydroxylation is 1. The largest absolute Gasteiger partial charge is 0.508 e. The van der Waals surface area contributed by atoms with Gasteiger partial charge in [0.05, 0.1) is 42.0 Å². The van der Waals surface area contributed by atoms with E-state index in [1.54, 1.807) is 41.7 Å². The van der Waals surface area contributed by atoms with Crippen LogP contribution in [0.1, 0.15) is 69.5 Å². The Morgan fingerprint density at radius 2 is 2.04 bits per heavy atom. The second-order valence-corrected chi connectivity index (χ2v) is 14.7. The number of terminal acetylenes is 1. The molecule has 2 atom stereocenters. The number of thioether (sulfide) groups is 1. The first-order valence-corrected chi connectivity index (χ1v) is 18.4. The van der Waals surface area contributed by atoms with Gasteiger partial charge in [-0.1, -0.05) is 23.6 Å². The number of aromatic nitrogens is 4. The number of anilines is 1. The Kier molecular flexibility index (Phi) is 10.1. The van der Waals surface area contributed by atoms with Gasteiger partial charge >= 0.3 is 6.01 Å². The zero-order valence-corrected chi connectivity index (χ0v) is 30.0. The summed E-state index contributed by atoms with van der Waals surface area (Å²) in [6, 6.07) is 7.12. The average molecular weight is 734 g/mol. The van der Waals surface area contributed by atoms with Gasteiger partial charge in [0.15, 0.2) is 5.69 Å². The number of methoxy groups -OCH3 is 1. The van der Waals surface area contributed by atoms with Crippen molar-refractivity contribution in [1.29, 1.82) is 0 Å². The second kappa shape index (κ2) is 14.7. The zero-order valence-electron chi connectivity index (χ0n) is 28.4. The fourth-order valence-electron chi connectivity index (χ4n) is 7.60. The molecular weight excluding hydrogens is 696 g/mol. The number of aromatic hydroxyl groups is 1. The normalized spacial score (nSPS) is 20.5. The molecule has 8 rings (SSSR count). The van der Waals surface area contributed by atoms with E-state index in [1.165, 1.54) is 32.6 Å². The molecule has 2 N–H and O–H groups in total. The van der Waals surface area contributed by atoms with E-state index in [9.17, 15) is 18.7 Å². The first-order valence-electron chi connectivity index (χ1n) is 16.9. The van der Waals surface area contributed by atoms with Crippen LogP contribution in [0.5, 0.6) is 11.8 Å². The molecule has 51 heavy (non-hydrogen) atoms. The monoisotopic (exact) mass is 733 g/mol. The van der Waals surface area contributed by atoms with Crippen molar-refractivity contribution in [3.63, 3.8) is 0 Å². The lowest BCUT2D eigenvalue weighted by Crippen LogP contribution is -2.27. The third-order valence-electron chi connectivity index (χ3n) is 10.0. The fraction of sp³-hybridized carbons (Fsp3) is 0.405. The Balaban J connectivity index is 0.000000347. The molecule has 0 aliphatic carbocycles. The van der Waals surface area contributed by atoms with Crippen molar-refractivity contribution in [1.82, 2.24) is 30.0 Å². The number of ether oxygens (including phenoxy) is 1. The fourth-order valence-corrected chi connectivity index (χ4v) is 9.19. The van der Waals surface area contributed by atoms with E-state index >= 15 is 0 Å². The molecule has 4 aliphatic heterocycles. The Bertz CT molecular complexity index is 2070. The lowest BCUT2D eigenvalue weighted by molar-refractivity contribution is 0.0957. The van der Waals surface area contributed by atoms with Crippen LogP contribution in [0.4, 0.5) is 14.6 Å². The Morgan fingerprint density at radius 3 is 2.78 bits per heavy atom. The van der Waals surface area contributed by atoms with Crippen molar-refractivity contribution in [3.05, 3.63) is 80.8 Å². The van der Waals surface area contributed by atoms with Crippen molar-refractivity contribution in [3.8, 4) is 24.1 Å². The summed E-state index contributed by atoms with van der Waals surface area (Å²) < 4.78 is 34.0. The molecule has 266 valence electrons. The number of phenolic OH excluding ortho intramolecular Hbond substituents is 1. The molecule has 1 amide bonds. The van der Waals surface area contributed by atoms with Gasteiger partial charge in [0, 0.05) is 61.1 Å². The molecular formula is C37H38ClF2N7O3S. The Labute approximate surface area is 304 Å². The van der Waals surface area contributed by atoms with E-state index in [0.717, 1.165) is 59.6 Å². The van der Waals surface area contributed by atoms with Crippen molar-refractivity contribution < 1.29 is 23.4 Å². The summed E-state index contributed by atoms with van der Waals surface area (Å²) >= 11 is 8.29. The lowest BCUT2D eigenvalue weighted by Gasteiger charge is -2.30. The number of benzene rings is 2. The summed E-state index contributed by atoms with van der Waals surface area (Å²) in [5, 5.41) is 19.0. The van der Waals surface area contributed by atoms with Gasteiger partial charge in [-0.3, -0.25) is 14.4 Å². The van der Waals surface area contributed by atoms with Crippen molar-refractivity contribution in [2.24, 2.45) is 0 Å². The van der Waals surface area contributed by atoms with Gasteiger partial charge in [-0.2, -0.15) is 15.1 Å². The number of phenols is 1. The highest BCUT2D eigenvalue weighted by atomic mass is 35.5. The summed E-state index contributed by atoms with van der Waals surface area (Å²) in [5.41, 5.74) is 4.65. The molecule has 2 aromatic carbocycles. The number of nitrogens with one attached hydrogen (secondary N) is 1. The number of halogens is 3. The Hall–Kier alpha value is -4.38. The topological polar surface area (TPSA) is 109 Å². The highest BCUT2D eigenvalue weighted by Gasteiger charge is 2.33. The van der Waals surface area contributed by atoms with Crippen LogP contribution in [0.3, 0.4) is 0 Å². The van der Waals surface area contributed by atoms with Gasteiger partial charge in [0.1, 0.15) is 17.4 Å². The van der Waals surface area contributed by atoms with Crippen LogP contribution in [0.15, 0.2) is 36.2 Å². The number of carbonyl (C=O) groups excluding carboxylic acids is 1. The molecule has 2 fully saturated rings. The van der Waals surface area contributed by atoms with Gasteiger partial charge in [-0.15, -0.1) is 18.2 Å². The van der Waals surface area contributed by atoms with Crippen LogP contribution in [-0.2, 0) is 25.3 Å². The summed E-state index contributed by atoms with van der Waals surface area (Å²) in [6.45, 7) is 3.79. The molecule has 2 unspecified atom stereocenters. The van der Waals surface area contributed by atoms with Crippen LogP contribution in [0, 0.1) is 18.2 Å². The lowest BCUT2D eigenvalue weighted by atomic mass is 9.94. The van der Waals surface area contributed by atoms with Crippen LogP contribution in [0.25, 0.3) is 10.8 Å². The number of fused-ring (bicyclic) bond motifs is 4.